The largest absolute Gasteiger partial charge is 0.378 e. The van der Waals surface area contributed by atoms with Crippen molar-refractivity contribution in [1.29, 1.82) is 0 Å². The van der Waals surface area contributed by atoms with Crippen molar-refractivity contribution < 1.29 is 4.74 Å². The molecule has 0 fully saturated rings. The number of methoxy groups -OCH3 is 1. The van der Waals surface area contributed by atoms with Crippen LogP contribution in [0.25, 0.3) is 0 Å². The first kappa shape index (κ1) is 12.4. The average Bonchev–Trinajstić information content (AvgIpc) is 2.73. The van der Waals surface area contributed by atoms with Crippen LogP contribution >= 0.6 is 27.3 Å². The molecule has 90 valence electrons. The summed E-state index contributed by atoms with van der Waals surface area (Å²) in [4.78, 5) is 20.0. The van der Waals surface area contributed by atoms with Crippen LogP contribution in [0, 0.1) is 0 Å². The van der Waals surface area contributed by atoms with Gasteiger partial charge in [0.15, 0.2) is 0 Å². The highest BCUT2D eigenvalue weighted by atomic mass is 79.9. The molecular formula is C10H10BrN3O2S. The van der Waals surface area contributed by atoms with Crippen molar-refractivity contribution >= 4 is 27.3 Å². The molecule has 7 heteroatoms. The molecule has 2 heterocycles. The lowest BCUT2D eigenvalue weighted by Gasteiger charge is -2.02. The molecule has 0 amide bonds. The number of halogens is 1. The maximum Gasteiger partial charge on any atom is 0.267 e. The fourth-order valence-electron chi connectivity index (χ4n) is 1.32. The molecule has 0 unspecified atom stereocenters. The Morgan fingerprint density at radius 2 is 2.41 bits per heavy atom. The van der Waals surface area contributed by atoms with E-state index in [1.54, 1.807) is 7.11 Å². The second-order valence-corrected chi connectivity index (χ2v) is 5.14. The predicted octanol–water partition coefficient (Wildman–Crippen LogP) is 1.66. The Labute approximate surface area is 110 Å². The molecule has 0 aromatic carbocycles. The Bertz CT molecular complexity index is 567. The standard InChI is InChI=1S/C10H10BrN3O2S/c1-16-4-9-13-7(5-17-9)3-14-6-12-2-8(11)10(14)15/h2,5-6H,3-4H2,1H3. The molecule has 2 aromatic rings. The summed E-state index contributed by atoms with van der Waals surface area (Å²) in [5, 5.41) is 2.82. The molecule has 0 aliphatic rings. The van der Waals surface area contributed by atoms with Crippen molar-refractivity contribution in [3.63, 3.8) is 0 Å². The van der Waals surface area contributed by atoms with E-state index in [9.17, 15) is 4.79 Å². The Balaban J connectivity index is 2.19. The molecule has 0 aliphatic carbocycles. The second-order valence-electron chi connectivity index (χ2n) is 3.34. The van der Waals surface area contributed by atoms with E-state index in [0.29, 0.717) is 17.6 Å². The van der Waals surface area contributed by atoms with Crippen LogP contribution in [0.4, 0.5) is 0 Å². The second kappa shape index (κ2) is 5.52. The number of thiazole rings is 1. The summed E-state index contributed by atoms with van der Waals surface area (Å²) in [5.74, 6) is 0. The van der Waals surface area contributed by atoms with Crippen molar-refractivity contribution in [1.82, 2.24) is 14.5 Å². The number of rotatable bonds is 4. The summed E-state index contributed by atoms with van der Waals surface area (Å²) in [6.45, 7) is 0.918. The highest BCUT2D eigenvalue weighted by Gasteiger charge is 2.05. The fourth-order valence-corrected chi connectivity index (χ4v) is 2.42. The van der Waals surface area contributed by atoms with E-state index >= 15 is 0 Å². The Morgan fingerprint density at radius 3 is 3.18 bits per heavy atom. The Morgan fingerprint density at radius 1 is 1.59 bits per heavy atom. The molecule has 2 aromatic heterocycles. The third kappa shape index (κ3) is 2.99. The predicted molar refractivity (Wildman–Crippen MR) is 68.1 cm³/mol. The summed E-state index contributed by atoms with van der Waals surface area (Å²) < 4.78 is 6.95. The maximum absolute atomic E-state index is 11.7. The van der Waals surface area contributed by atoms with E-state index in [2.05, 4.69) is 25.9 Å². The molecule has 0 aliphatic heterocycles. The van der Waals surface area contributed by atoms with Crippen LogP contribution in [-0.4, -0.2) is 21.6 Å². The van der Waals surface area contributed by atoms with E-state index in [0.717, 1.165) is 10.7 Å². The first-order valence-corrected chi connectivity index (χ1v) is 6.50. The van der Waals surface area contributed by atoms with E-state index in [-0.39, 0.29) is 5.56 Å². The number of aromatic nitrogens is 3. The van der Waals surface area contributed by atoms with Crippen molar-refractivity contribution in [2.45, 2.75) is 13.2 Å². The highest BCUT2D eigenvalue weighted by molar-refractivity contribution is 9.10. The smallest absolute Gasteiger partial charge is 0.267 e. The Kier molecular flexibility index (Phi) is 4.03. The monoisotopic (exact) mass is 315 g/mol. The molecule has 0 saturated carbocycles. The van der Waals surface area contributed by atoms with Crippen LogP contribution in [0.3, 0.4) is 0 Å². The SMILES string of the molecule is COCc1nc(Cn2cncc(Br)c2=O)cs1. The third-order valence-corrected chi connectivity index (χ3v) is 3.47. The van der Waals surface area contributed by atoms with E-state index < -0.39 is 0 Å². The third-order valence-electron chi connectivity index (χ3n) is 2.06. The summed E-state index contributed by atoms with van der Waals surface area (Å²) in [6.07, 6.45) is 2.98. The number of hydrogen-bond acceptors (Lipinski definition) is 5. The Hall–Kier alpha value is -1.05. The van der Waals surface area contributed by atoms with E-state index in [1.807, 2.05) is 5.38 Å². The van der Waals surface area contributed by atoms with Crippen LogP contribution in [0.1, 0.15) is 10.7 Å². The number of hydrogen-bond donors (Lipinski definition) is 0. The van der Waals surface area contributed by atoms with Crippen molar-refractivity contribution in [3.05, 3.63) is 43.4 Å². The summed E-state index contributed by atoms with van der Waals surface area (Å²) in [5.41, 5.74) is 0.727. The van der Waals surface area contributed by atoms with Gasteiger partial charge in [-0.25, -0.2) is 9.97 Å². The number of ether oxygens (including phenoxy) is 1. The van der Waals surface area contributed by atoms with Gasteiger partial charge in [-0.15, -0.1) is 11.3 Å². The van der Waals surface area contributed by atoms with Crippen LogP contribution < -0.4 is 5.56 Å². The fraction of sp³-hybridized carbons (Fsp3) is 0.300. The van der Waals surface area contributed by atoms with Crippen molar-refractivity contribution in [2.75, 3.05) is 7.11 Å². The van der Waals surface area contributed by atoms with Crippen LogP contribution in [-0.2, 0) is 17.9 Å². The normalized spacial score (nSPS) is 10.7. The van der Waals surface area contributed by atoms with Crippen molar-refractivity contribution in [2.24, 2.45) is 0 Å². The minimum atomic E-state index is -0.110. The zero-order valence-corrected chi connectivity index (χ0v) is 11.5. The first-order valence-electron chi connectivity index (χ1n) is 4.83. The zero-order valence-electron chi connectivity index (χ0n) is 9.09. The van der Waals surface area contributed by atoms with Gasteiger partial charge in [-0.2, -0.15) is 0 Å². The van der Waals surface area contributed by atoms with Crippen LogP contribution in [0.5, 0.6) is 0 Å². The van der Waals surface area contributed by atoms with E-state index in [1.165, 1.54) is 28.4 Å². The van der Waals surface area contributed by atoms with Crippen molar-refractivity contribution in [3.8, 4) is 0 Å². The van der Waals surface area contributed by atoms with Crippen LogP contribution in [0.2, 0.25) is 0 Å². The molecule has 0 spiro atoms. The van der Waals surface area contributed by atoms with Gasteiger partial charge in [0.25, 0.3) is 5.56 Å². The van der Waals surface area contributed by atoms with Gasteiger partial charge in [0.05, 0.1) is 25.2 Å². The van der Waals surface area contributed by atoms with Gasteiger partial charge in [-0.05, 0) is 15.9 Å². The molecular weight excluding hydrogens is 306 g/mol. The number of nitrogens with zero attached hydrogens (tertiary/aromatic N) is 3. The molecule has 0 atom stereocenters. The summed E-state index contributed by atoms with van der Waals surface area (Å²) in [7, 11) is 1.63. The molecule has 0 bridgehead atoms. The van der Waals surface area contributed by atoms with E-state index in [4.69, 9.17) is 4.74 Å². The molecule has 5 nitrogen and oxygen atoms in total. The molecule has 17 heavy (non-hydrogen) atoms. The first-order chi connectivity index (χ1) is 8.20. The lowest BCUT2D eigenvalue weighted by Crippen LogP contribution is -2.21. The molecule has 0 radical (unpaired) electrons. The molecule has 0 N–H and O–H groups in total. The average molecular weight is 316 g/mol. The van der Waals surface area contributed by atoms with Gasteiger partial charge < -0.3 is 4.74 Å². The quantitative estimate of drug-likeness (QED) is 0.861. The van der Waals surface area contributed by atoms with Gasteiger partial charge in [-0.1, -0.05) is 0 Å². The zero-order chi connectivity index (χ0) is 12.3. The lowest BCUT2D eigenvalue weighted by molar-refractivity contribution is 0.184. The minimum Gasteiger partial charge on any atom is -0.378 e. The van der Waals surface area contributed by atoms with Gasteiger partial charge in [0.1, 0.15) is 9.48 Å². The van der Waals surface area contributed by atoms with Gasteiger partial charge >= 0.3 is 0 Å². The van der Waals surface area contributed by atoms with Gasteiger partial charge in [0.2, 0.25) is 0 Å². The minimum absolute atomic E-state index is 0.110. The van der Waals surface area contributed by atoms with Crippen LogP contribution in [0.15, 0.2) is 27.2 Å². The summed E-state index contributed by atoms with van der Waals surface area (Å²) >= 11 is 4.68. The lowest BCUT2D eigenvalue weighted by atomic mass is 10.4. The molecule has 0 saturated heterocycles. The maximum atomic E-state index is 11.7. The highest BCUT2D eigenvalue weighted by Crippen LogP contribution is 2.11. The topological polar surface area (TPSA) is 57.0 Å². The van der Waals surface area contributed by atoms with Gasteiger partial charge in [0, 0.05) is 18.7 Å². The van der Waals surface area contributed by atoms with Gasteiger partial charge in [-0.3, -0.25) is 9.36 Å². The molecule has 2 rings (SSSR count). The summed E-state index contributed by atoms with van der Waals surface area (Å²) in [6, 6.07) is 0.